The molecule has 3 saturated heterocycles. The summed E-state index contributed by atoms with van der Waals surface area (Å²) in [7, 11) is 0. The highest BCUT2D eigenvalue weighted by molar-refractivity contribution is 6.30. The molecule has 5 heterocycles. The van der Waals surface area contributed by atoms with Crippen LogP contribution in [0, 0.1) is 12.8 Å². The molecule has 3 fully saturated rings. The Labute approximate surface area is 275 Å². The summed E-state index contributed by atoms with van der Waals surface area (Å²) in [6.07, 6.45) is 10.3. The number of piperidine rings is 1. The third-order valence-electron chi connectivity index (χ3n) is 10.0. The van der Waals surface area contributed by atoms with Crippen molar-refractivity contribution in [1.82, 2.24) is 29.2 Å². The van der Waals surface area contributed by atoms with Crippen LogP contribution in [0.3, 0.4) is 0 Å². The van der Waals surface area contributed by atoms with E-state index in [1.54, 1.807) is 4.90 Å². The largest absolute Gasteiger partial charge is 0.446 e. The molecule has 244 valence electrons. The molecule has 10 nitrogen and oxygen atoms in total. The second-order valence-corrected chi connectivity index (χ2v) is 13.6. The molecule has 0 radical (unpaired) electrons. The zero-order valence-corrected chi connectivity index (χ0v) is 27.3. The second-order valence-electron chi connectivity index (χ2n) is 13.2. The van der Waals surface area contributed by atoms with Gasteiger partial charge in [0, 0.05) is 69.5 Å². The number of carbonyl (C=O) groups excluding carboxylic acids is 2. The number of halogens is 1. The van der Waals surface area contributed by atoms with Crippen molar-refractivity contribution in [3.63, 3.8) is 0 Å². The van der Waals surface area contributed by atoms with E-state index in [2.05, 4.69) is 38.8 Å². The van der Waals surface area contributed by atoms with Crippen LogP contribution in [0.5, 0.6) is 0 Å². The lowest BCUT2D eigenvalue weighted by Crippen LogP contribution is -2.62. The number of imidazole rings is 1. The van der Waals surface area contributed by atoms with Gasteiger partial charge in [-0.1, -0.05) is 23.7 Å². The molecule has 4 aliphatic rings. The number of piperazine rings is 1. The van der Waals surface area contributed by atoms with Gasteiger partial charge in [0.05, 0.1) is 37.0 Å². The molecule has 0 saturated carbocycles. The summed E-state index contributed by atoms with van der Waals surface area (Å²) in [5.74, 6) is 0.314. The maximum atomic E-state index is 14.6. The van der Waals surface area contributed by atoms with E-state index in [9.17, 15) is 9.59 Å². The number of amides is 2. The predicted octanol–water partition coefficient (Wildman–Crippen LogP) is 4.67. The highest BCUT2D eigenvalue weighted by Crippen LogP contribution is 2.38. The van der Waals surface area contributed by atoms with Crippen LogP contribution in [0.4, 0.5) is 4.79 Å². The Morgan fingerprint density at radius 1 is 1.02 bits per heavy atom. The zero-order valence-electron chi connectivity index (χ0n) is 26.5. The highest BCUT2D eigenvalue weighted by atomic mass is 35.5. The summed E-state index contributed by atoms with van der Waals surface area (Å²) in [5.41, 5.74) is 5.58. The second kappa shape index (κ2) is 13.7. The Bertz CT molecular complexity index is 1560. The van der Waals surface area contributed by atoms with Gasteiger partial charge in [-0.2, -0.15) is 0 Å². The minimum absolute atomic E-state index is 0.00802. The molecule has 0 bridgehead atoms. The lowest BCUT2D eigenvalue weighted by molar-refractivity contribution is -0.141. The molecule has 0 spiro atoms. The van der Waals surface area contributed by atoms with Crippen LogP contribution < -0.4 is 0 Å². The SMILES string of the molecule is Cc1cn(C[C@@H]2CCCN(C(=O)[C@H]3CN([C@H]4c5ccc(Cl)cc5CCc5cccnc54)CCN3C(=O)OC3CCOCC3)C2)cn1. The number of likely N-dealkylation sites (tertiary alicyclic amines) is 1. The maximum Gasteiger partial charge on any atom is 0.410 e. The van der Waals surface area contributed by atoms with Gasteiger partial charge < -0.3 is 18.9 Å². The van der Waals surface area contributed by atoms with E-state index in [4.69, 9.17) is 26.1 Å². The monoisotopic (exact) mass is 646 g/mol. The molecule has 3 aromatic rings. The van der Waals surface area contributed by atoms with Gasteiger partial charge in [-0.3, -0.25) is 19.6 Å². The van der Waals surface area contributed by atoms with E-state index < -0.39 is 12.1 Å². The molecule has 46 heavy (non-hydrogen) atoms. The summed E-state index contributed by atoms with van der Waals surface area (Å²) in [6, 6.07) is 9.46. The van der Waals surface area contributed by atoms with Gasteiger partial charge in [0.2, 0.25) is 5.91 Å². The normalized spacial score (nSPS) is 24.2. The first kappa shape index (κ1) is 31.1. The first-order valence-corrected chi connectivity index (χ1v) is 17.1. The van der Waals surface area contributed by atoms with Gasteiger partial charge in [0.25, 0.3) is 0 Å². The van der Waals surface area contributed by atoms with Crippen molar-refractivity contribution in [2.75, 3.05) is 45.9 Å². The first-order valence-electron chi connectivity index (χ1n) is 16.7. The van der Waals surface area contributed by atoms with Crippen LogP contribution in [0.15, 0.2) is 49.1 Å². The number of pyridine rings is 1. The van der Waals surface area contributed by atoms with Crippen molar-refractivity contribution in [2.24, 2.45) is 5.92 Å². The van der Waals surface area contributed by atoms with Gasteiger partial charge >= 0.3 is 6.09 Å². The molecule has 0 unspecified atom stereocenters. The highest BCUT2D eigenvalue weighted by Gasteiger charge is 2.43. The van der Waals surface area contributed by atoms with Crippen molar-refractivity contribution in [1.29, 1.82) is 0 Å². The van der Waals surface area contributed by atoms with Crippen LogP contribution in [0.1, 0.15) is 59.8 Å². The minimum atomic E-state index is -0.665. The van der Waals surface area contributed by atoms with Crippen LogP contribution in [-0.4, -0.2) is 99.3 Å². The van der Waals surface area contributed by atoms with E-state index in [0.717, 1.165) is 48.6 Å². The van der Waals surface area contributed by atoms with E-state index in [1.165, 1.54) is 16.7 Å². The first-order chi connectivity index (χ1) is 22.4. The smallest absolute Gasteiger partial charge is 0.410 e. The summed E-state index contributed by atoms with van der Waals surface area (Å²) in [6.45, 7) is 6.70. The molecular weight excluding hydrogens is 604 g/mol. The average molecular weight is 647 g/mol. The molecule has 7 rings (SSSR count). The zero-order chi connectivity index (χ0) is 31.6. The fourth-order valence-corrected chi connectivity index (χ4v) is 7.91. The Morgan fingerprint density at radius 2 is 1.87 bits per heavy atom. The van der Waals surface area contributed by atoms with E-state index in [-0.39, 0.29) is 18.1 Å². The number of hydrogen-bond acceptors (Lipinski definition) is 7. The number of hydrogen-bond donors (Lipinski definition) is 0. The van der Waals surface area contributed by atoms with E-state index in [0.29, 0.717) is 64.7 Å². The Kier molecular flexibility index (Phi) is 9.29. The number of carbonyl (C=O) groups is 2. The Hall–Kier alpha value is -3.47. The van der Waals surface area contributed by atoms with Crippen LogP contribution in [0.2, 0.25) is 5.02 Å². The van der Waals surface area contributed by atoms with Gasteiger partial charge in [-0.15, -0.1) is 0 Å². The Morgan fingerprint density at radius 3 is 2.70 bits per heavy atom. The molecule has 11 heteroatoms. The van der Waals surface area contributed by atoms with Crippen LogP contribution >= 0.6 is 11.6 Å². The van der Waals surface area contributed by atoms with Crippen molar-refractivity contribution in [3.8, 4) is 0 Å². The van der Waals surface area contributed by atoms with Gasteiger partial charge in [-0.05, 0) is 73.4 Å². The van der Waals surface area contributed by atoms with Crippen LogP contribution in [-0.2, 0) is 33.7 Å². The third-order valence-corrected chi connectivity index (χ3v) is 10.3. The molecular formula is C35H43ClN6O4. The van der Waals surface area contributed by atoms with Gasteiger partial charge in [0.1, 0.15) is 12.1 Å². The minimum Gasteiger partial charge on any atom is -0.446 e. The van der Waals surface area contributed by atoms with E-state index in [1.807, 2.05) is 36.5 Å². The number of aromatic nitrogens is 3. The van der Waals surface area contributed by atoms with Crippen molar-refractivity contribution < 1.29 is 19.1 Å². The average Bonchev–Trinajstić information content (AvgIpc) is 3.41. The number of aryl methyl sites for hydroxylation is 3. The molecule has 2 aromatic heterocycles. The summed E-state index contributed by atoms with van der Waals surface area (Å²) < 4.78 is 13.6. The van der Waals surface area contributed by atoms with E-state index >= 15 is 0 Å². The third kappa shape index (κ3) is 6.66. The van der Waals surface area contributed by atoms with Crippen molar-refractivity contribution in [2.45, 2.75) is 70.2 Å². The quantitative estimate of drug-likeness (QED) is 0.398. The lowest BCUT2D eigenvalue weighted by atomic mass is 9.94. The number of rotatable bonds is 5. The van der Waals surface area contributed by atoms with Gasteiger partial charge in [-0.25, -0.2) is 9.78 Å². The summed E-state index contributed by atoms with van der Waals surface area (Å²) in [4.78, 5) is 43.7. The standard InChI is InChI=1S/C35H43ClN6O4/c1-24-19-39(23-38-24)20-25-4-3-13-41(21-25)34(43)31-22-40(14-15-42(31)35(44)46-29-10-16-45-17-11-29)33-30-9-8-28(36)18-27(30)7-6-26-5-2-12-37-32(26)33/h2,5,8-9,12,18-19,23,25,29,31,33H,3-4,6-7,10-11,13-17,20-22H2,1H3/t25-,31+,33-/m0/s1. The molecule has 2 amide bonds. The van der Waals surface area contributed by atoms with Crippen molar-refractivity contribution in [3.05, 3.63) is 82.2 Å². The van der Waals surface area contributed by atoms with Crippen molar-refractivity contribution >= 4 is 23.6 Å². The summed E-state index contributed by atoms with van der Waals surface area (Å²) >= 11 is 6.47. The number of ether oxygens (including phenoxy) is 2. The van der Waals surface area contributed by atoms with Gasteiger partial charge in [0.15, 0.2) is 0 Å². The predicted molar refractivity (Wildman–Crippen MR) is 174 cm³/mol. The number of fused-ring (bicyclic) bond motifs is 2. The topological polar surface area (TPSA) is 93.0 Å². The Balaban J connectivity index is 1.17. The molecule has 3 aliphatic heterocycles. The fourth-order valence-electron chi connectivity index (χ4n) is 7.72. The molecule has 1 aliphatic carbocycles. The maximum absolute atomic E-state index is 14.6. The fraction of sp³-hybridized carbons (Fsp3) is 0.543. The molecule has 3 atom stereocenters. The lowest BCUT2D eigenvalue weighted by Gasteiger charge is -2.45. The molecule has 1 aromatic carbocycles. The van der Waals surface area contributed by atoms with Crippen LogP contribution in [0.25, 0.3) is 0 Å². The number of benzene rings is 1. The molecule has 0 N–H and O–H groups in total. The number of nitrogens with zero attached hydrogens (tertiary/aromatic N) is 6. The summed E-state index contributed by atoms with van der Waals surface area (Å²) in [5, 5.41) is 0.718.